The first-order chi connectivity index (χ1) is 7.68. The summed E-state index contributed by atoms with van der Waals surface area (Å²) in [7, 11) is 0. The van der Waals surface area contributed by atoms with Crippen molar-refractivity contribution < 1.29 is 23.8 Å². The normalized spacial score (nSPS) is 10.0. The van der Waals surface area contributed by atoms with Crippen LogP contribution in [0.25, 0.3) is 0 Å². The molecule has 0 saturated carbocycles. The number of rotatable bonds is 7. The van der Waals surface area contributed by atoms with E-state index in [2.05, 4.69) is 0 Å². The van der Waals surface area contributed by atoms with E-state index in [1.165, 1.54) is 6.26 Å². The predicted octanol–water partition coefficient (Wildman–Crippen LogP) is 1.97. The molecule has 1 aromatic heterocycles. The molecule has 0 aliphatic carbocycles. The molecule has 16 heavy (non-hydrogen) atoms. The third-order valence-electron chi connectivity index (χ3n) is 1.98. The second-order valence-electron chi connectivity index (χ2n) is 3.34. The van der Waals surface area contributed by atoms with Crippen molar-refractivity contribution in [3.05, 3.63) is 24.2 Å². The summed E-state index contributed by atoms with van der Waals surface area (Å²) in [5, 5.41) is 8.38. The molecule has 0 aromatic carbocycles. The highest BCUT2D eigenvalue weighted by Crippen LogP contribution is 2.05. The van der Waals surface area contributed by atoms with Crippen molar-refractivity contribution >= 4 is 11.9 Å². The van der Waals surface area contributed by atoms with Crippen molar-refractivity contribution in [3.8, 4) is 0 Å². The predicted molar refractivity (Wildman–Crippen MR) is 54.6 cm³/mol. The highest BCUT2D eigenvalue weighted by Gasteiger charge is 2.05. The Morgan fingerprint density at radius 3 is 2.69 bits per heavy atom. The molecule has 1 N–H and O–H groups in total. The van der Waals surface area contributed by atoms with Gasteiger partial charge in [-0.05, 0) is 25.0 Å². The number of aliphatic carboxylic acids is 1. The fourth-order valence-corrected chi connectivity index (χ4v) is 1.16. The molecule has 0 bridgehead atoms. The molecule has 0 fully saturated rings. The van der Waals surface area contributed by atoms with E-state index >= 15 is 0 Å². The summed E-state index contributed by atoms with van der Waals surface area (Å²) in [6.45, 7) is 0.130. The largest absolute Gasteiger partial charge is 0.481 e. The summed E-state index contributed by atoms with van der Waals surface area (Å²) in [6, 6.07) is 3.44. The fraction of sp³-hybridized carbons (Fsp3) is 0.455. The number of unbranched alkanes of at least 4 members (excludes halogenated alkanes) is 1. The van der Waals surface area contributed by atoms with Gasteiger partial charge in [-0.15, -0.1) is 0 Å². The molecule has 1 aromatic rings. The lowest BCUT2D eigenvalue weighted by Crippen LogP contribution is -2.04. The van der Waals surface area contributed by atoms with Gasteiger partial charge in [0.2, 0.25) is 0 Å². The molecule has 5 nitrogen and oxygen atoms in total. The Morgan fingerprint density at radius 1 is 1.31 bits per heavy atom. The maximum Gasteiger partial charge on any atom is 0.306 e. The Hall–Kier alpha value is -1.78. The summed E-state index contributed by atoms with van der Waals surface area (Å²) >= 11 is 0. The van der Waals surface area contributed by atoms with Gasteiger partial charge in [0.1, 0.15) is 12.4 Å². The molecule has 0 radical (unpaired) electrons. The highest BCUT2D eigenvalue weighted by molar-refractivity contribution is 5.69. The van der Waals surface area contributed by atoms with E-state index in [1.807, 2.05) is 0 Å². The number of carboxylic acids is 1. The summed E-state index contributed by atoms with van der Waals surface area (Å²) in [6.07, 6.45) is 2.87. The van der Waals surface area contributed by atoms with Crippen molar-refractivity contribution in [2.24, 2.45) is 0 Å². The van der Waals surface area contributed by atoms with Crippen molar-refractivity contribution in [1.29, 1.82) is 0 Å². The maximum absolute atomic E-state index is 11.2. The van der Waals surface area contributed by atoms with E-state index in [1.54, 1.807) is 12.1 Å². The zero-order valence-corrected chi connectivity index (χ0v) is 8.85. The molecule has 1 rings (SSSR count). The van der Waals surface area contributed by atoms with Crippen LogP contribution in [0.2, 0.25) is 0 Å². The minimum absolute atomic E-state index is 0.0888. The van der Waals surface area contributed by atoms with Crippen LogP contribution < -0.4 is 0 Å². The van der Waals surface area contributed by atoms with Gasteiger partial charge < -0.3 is 14.3 Å². The van der Waals surface area contributed by atoms with Crippen LogP contribution in [0.3, 0.4) is 0 Å². The molecule has 0 aliphatic rings. The van der Waals surface area contributed by atoms with Gasteiger partial charge in [-0.1, -0.05) is 0 Å². The van der Waals surface area contributed by atoms with E-state index in [4.69, 9.17) is 14.3 Å². The Labute approximate surface area is 93.0 Å². The Balaban J connectivity index is 2.05. The van der Waals surface area contributed by atoms with Crippen LogP contribution >= 0.6 is 0 Å². The number of ether oxygens (including phenoxy) is 1. The minimum atomic E-state index is -0.844. The zero-order chi connectivity index (χ0) is 11.8. The van der Waals surface area contributed by atoms with Crippen molar-refractivity contribution in [2.45, 2.75) is 32.3 Å². The van der Waals surface area contributed by atoms with E-state index < -0.39 is 5.97 Å². The van der Waals surface area contributed by atoms with Gasteiger partial charge in [0.05, 0.1) is 6.26 Å². The average Bonchev–Trinajstić information content (AvgIpc) is 2.74. The van der Waals surface area contributed by atoms with Gasteiger partial charge in [-0.3, -0.25) is 9.59 Å². The SMILES string of the molecule is O=C(O)CCCCC(=O)OCc1ccco1. The van der Waals surface area contributed by atoms with Crippen LogP contribution in [0.1, 0.15) is 31.4 Å². The lowest BCUT2D eigenvalue weighted by molar-refractivity contribution is -0.146. The van der Waals surface area contributed by atoms with Gasteiger partial charge in [0.15, 0.2) is 0 Å². The summed E-state index contributed by atoms with van der Waals surface area (Å²) in [4.78, 5) is 21.4. The second-order valence-corrected chi connectivity index (χ2v) is 3.34. The fourth-order valence-electron chi connectivity index (χ4n) is 1.16. The third kappa shape index (κ3) is 5.19. The van der Waals surface area contributed by atoms with Gasteiger partial charge >= 0.3 is 11.9 Å². The standard InChI is InChI=1S/C11H14O5/c12-10(13)5-1-2-6-11(14)16-8-9-4-3-7-15-9/h3-4,7H,1-2,5-6,8H2,(H,12,13). The zero-order valence-electron chi connectivity index (χ0n) is 8.85. The first kappa shape index (κ1) is 12.3. The van der Waals surface area contributed by atoms with Crippen LogP contribution in [0.4, 0.5) is 0 Å². The molecular formula is C11H14O5. The summed E-state index contributed by atoms with van der Waals surface area (Å²) < 4.78 is 9.90. The lowest BCUT2D eigenvalue weighted by Gasteiger charge is -2.01. The van der Waals surface area contributed by atoms with Crippen LogP contribution in [-0.4, -0.2) is 17.0 Å². The van der Waals surface area contributed by atoms with Crippen LogP contribution in [0, 0.1) is 0 Å². The van der Waals surface area contributed by atoms with Gasteiger partial charge in [-0.25, -0.2) is 0 Å². The van der Waals surface area contributed by atoms with Crippen molar-refractivity contribution in [1.82, 2.24) is 0 Å². The van der Waals surface area contributed by atoms with Crippen molar-refractivity contribution in [3.63, 3.8) is 0 Å². The molecule has 5 heteroatoms. The minimum Gasteiger partial charge on any atom is -0.481 e. The third-order valence-corrected chi connectivity index (χ3v) is 1.98. The van der Waals surface area contributed by atoms with Gasteiger partial charge in [0, 0.05) is 12.8 Å². The first-order valence-electron chi connectivity index (χ1n) is 5.08. The van der Waals surface area contributed by atoms with E-state index in [9.17, 15) is 9.59 Å². The number of carbonyl (C=O) groups excluding carboxylic acids is 1. The highest BCUT2D eigenvalue weighted by atomic mass is 16.5. The summed E-state index contributed by atoms with van der Waals surface area (Å²) in [5.74, 6) is -0.579. The van der Waals surface area contributed by atoms with Crippen LogP contribution in [-0.2, 0) is 20.9 Å². The molecule has 1 heterocycles. The smallest absolute Gasteiger partial charge is 0.306 e. The molecular weight excluding hydrogens is 212 g/mol. The lowest BCUT2D eigenvalue weighted by atomic mass is 10.2. The topological polar surface area (TPSA) is 76.7 Å². The molecule has 0 aliphatic heterocycles. The van der Waals surface area contributed by atoms with Crippen LogP contribution in [0.15, 0.2) is 22.8 Å². The van der Waals surface area contributed by atoms with E-state index in [-0.39, 0.29) is 25.4 Å². The van der Waals surface area contributed by atoms with Gasteiger partial charge in [-0.2, -0.15) is 0 Å². The molecule has 0 unspecified atom stereocenters. The Morgan fingerprint density at radius 2 is 2.06 bits per heavy atom. The molecule has 0 saturated heterocycles. The molecule has 88 valence electrons. The molecule has 0 atom stereocenters. The van der Waals surface area contributed by atoms with E-state index in [0.717, 1.165) is 0 Å². The van der Waals surface area contributed by atoms with Crippen molar-refractivity contribution in [2.75, 3.05) is 0 Å². The number of hydrogen-bond donors (Lipinski definition) is 1. The number of carbonyl (C=O) groups is 2. The van der Waals surface area contributed by atoms with Gasteiger partial charge in [0.25, 0.3) is 0 Å². The number of carboxylic acid groups (broad SMARTS) is 1. The first-order valence-corrected chi connectivity index (χ1v) is 5.08. The quantitative estimate of drug-likeness (QED) is 0.568. The number of hydrogen-bond acceptors (Lipinski definition) is 4. The number of esters is 1. The summed E-state index contributed by atoms with van der Waals surface area (Å²) in [5.41, 5.74) is 0. The van der Waals surface area contributed by atoms with Crippen LogP contribution in [0.5, 0.6) is 0 Å². The Bertz CT molecular complexity index is 328. The number of furan rings is 1. The van der Waals surface area contributed by atoms with E-state index in [0.29, 0.717) is 18.6 Å². The molecule has 0 spiro atoms. The second kappa shape index (κ2) is 6.66. The average molecular weight is 226 g/mol. The molecule has 0 amide bonds. The Kier molecular flexibility index (Phi) is 5.11. The maximum atomic E-state index is 11.2. The monoisotopic (exact) mass is 226 g/mol.